The summed E-state index contributed by atoms with van der Waals surface area (Å²) < 4.78 is 0. The van der Waals surface area contributed by atoms with Crippen LogP contribution in [0.3, 0.4) is 0 Å². The van der Waals surface area contributed by atoms with Gasteiger partial charge in [-0.25, -0.2) is 0 Å². The number of allylic oxidation sites excluding steroid dienone is 1. The van der Waals surface area contributed by atoms with Crippen molar-refractivity contribution >= 4 is 17.4 Å². The first-order chi connectivity index (χ1) is 5.40. The monoisotopic (exact) mass is 161 g/mol. The van der Waals surface area contributed by atoms with E-state index in [1.165, 1.54) is 4.90 Å². The van der Waals surface area contributed by atoms with E-state index in [1.54, 1.807) is 17.8 Å². The van der Waals surface area contributed by atoms with Gasteiger partial charge >= 0.3 is 0 Å². The summed E-state index contributed by atoms with van der Waals surface area (Å²) in [6.45, 7) is 5.37. The van der Waals surface area contributed by atoms with Crippen LogP contribution in [-0.2, 0) is 0 Å². The van der Waals surface area contributed by atoms with Gasteiger partial charge in [0.2, 0.25) is 0 Å². The molecule has 1 nitrogen and oxygen atoms in total. The van der Waals surface area contributed by atoms with Crippen LogP contribution in [0.1, 0.15) is 0 Å². The normalized spacial score (nSPS) is 18.1. The molecule has 0 unspecified atom stereocenters. The van der Waals surface area contributed by atoms with E-state index >= 15 is 0 Å². The highest BCUT2D eigenvalue weighted by atomic mass is 32.2. The Balaban J connectivity index is 2.41. The van der Waals surface area contributed by atoms with Gasteiger partial charge in [-0.3, -0.25) is 0 Å². The Kier molecular flexibility index (Phi) is 1.62. The molecule has 1 heterocycles. The van der Waals surface area contributed by atoms with Crippen molar-refractivity contribution in [3.05, 3.63) is 42.3 Å². The van der Waals surface area contributed by atoms with Gasteiger partial charge in [-0.2, -0.15) is 0 Å². The molecule has 0 fully saturated rings. The molecule has 2 heteroatoms. The van der Waals surface area contributed by atoms with Crippen LogP contribution in [0.2, 0.25) is 0 Å². The average Bonchev–Trinajstić information content (AvgIpc) is 2.46. The van der Waals surface area contributed by atoms with Crippen molar-refractivity contribution in [1.29, 1.82) is 0 Å². The molecule has 54 valence electrons. The lowest BCUT2D eigenvalue weighted by Gasteiger charge is -1.94. The molecule has 0 saturated carbocycles. The van der Waals surface area contributed by atoms with Crippen molar-refractivity contribution in [2.24, 2.45) is 0 Å². The first kappa shape index (κ1) is 6.80. The van der Waals surface area contributed by atoms with E-state index in [0.29, 0.717) is 0 Å². The van der Waals surface area contributed by atoms with Crippen molar-refractivity contribution in [3.63, 3.8) is 0 Å². The van der Waals surface area contributed by atoms with E-state index in [1.807, 2.05) is 18.2 Å². The van der Waals surface area contributed by atoms with Crippen LogP contribution >= 0.6 is 11.8 Å². The van der Waals surface area contributed by atoms with Gasteiger partial charge in [-0.05, 0) is 25.1 Å². The van der Waals surface area contributed by atoms with Crippen molar-refractivity contribution in [2.45, 2.75) is 4.90 Å². The largest absolute Gasteiger partial charge is 0.349 e. The summed E-state index contributed by atoms with van der Waals surface area (Å²) in [5.74, 6) is 0. The summed E-state index contributed by atoms with van der Waals surface area (Å²) in [7, 11) is 0. The molecule has 1 aromatic carbocycles. The molecule has 1 aliphatic rings. The maximum absolute atomic E-state index is 5.37. The third-order valence-corrected chi connectivity index (χ3v) is 2.55. The van der Waals surface area contributed by atoms with E-state index < -0.39 is 0 Å². The smallest absolute Gasteiger partial charge is 0.0737 e. The Morgan fingerprint density at radius 1 is 1.36 bits per heavy atom. The van der Waals surface area contributed by atoms with Crippen LogP contribution in [0.5, 0.6) is 0 Å². The number of hydrogen-bond acceptors (Lipinski definition) is 2. The second-order valence-corrected chi connectivity index (χ2v) is 3.34. The topological polar surface area (TPSA) is 12.0 Å². The first-order valence-corrected chi connectivity index (χ1v) is 4.17. The van der Waals surface area contributed by atoms with E-state index in [2.05, 4.69) is 11.4 Å². The van der Waals surface area contributed by atoms with Crippen LogP contribution < -0.4 is 5.32 Å². The van der Waals surface area contributed by atoms with Gasteiger partial charge < -0.3 is 5.32 Å². The zero-order chi connectivity index (χ0) is 7.68. The molecule has 11 heavy (non-hydrogen) atoms. The number of fused-ring (bicyclic) bond motifs is 1. The Morgan fingerprint density at radius 2 is 2.18 bits per heavy atom. The van der Waals surface area contributed by atoms with Gasteiger partial charge in [-0.15, -0.1) is 0 Å². The summed E-state index contributed by atoms with van der Waals surface area (Å²) in [4.78, 5) is 1.24. The minimum atomic E-state index is 1.01. The zero-order valence-corrected chi connectivity index (χ0v) is 6.69. The molecule has 0 bridgehead atoms. The molecular weight excluding hydrogens is 154 g/mol. The van der Waals surface area contributed by atoms with Crippen LogP contribution in [-0.4, -0.2) is 0 Å². The predicted molar refractivity (Wildman–Crippen MR) is 48.3 cm³/mol. The number of rotatable bonds is 0. The zero-order valence-electron chi connectivity index (χ0n) is 5.87. The minimum absolute atomic E-state index is 1.01. The lowest BCUT2D eigenvalue weighted by Crippen LogP contribution is -1.85. The number of para-hydroxylation sites is 1. The molecule has 1 N–H and O–H groups in total. The third-order valence-electron chi connectivity index (χ3n) is 1.52. The Labute approximate surface area is 70.5 Å². The fraction of sp³-hybridized carbons (Fsp3) is 0. The molecule has 0 spiro atoms. The van der Waals surface area contributed by atoms with Gasteiger partial charge in [0.05, 0.1) is 10.7 Å². The molecule has 0 aromatic heterocycles. The Bertz CT molecular complexity index is 277. The molecule has 0 amide bonds. The van der Waals surface area contributed by atoms with Crippen LogP contribution in [0, 0.1) is 6.92 Å². The van der Waals surface area contributed by atoms with Crippen LogP contribution in [0.4, 0.5) is 5.69 Å². The van der Waals surface area contributed by atoms with Gasteiger partial charge in [-0.1, -0.05) is 23.9 Å². The highest BCUT2D eigenvalue weighted by molar-refractivity contribution is 8.03. The summed E-state index contributed by atoms with van der Waals surface area (Å²) in [5, 5.41) is 4.19. The lowest BCUT2D eigenvalue weighted by atomic mass is 10.3. The number of thioether (sulfide) groups is 1. The van der Waals surface area contributed by atoms with Crippen molar-refractivity contribution in [1.82, 2.24) is 0 Å². The van der Waals surface area contributed by atoms with Crippen LogP contribution in [0.15, 0.2) is 40.3 Å². The number of nitrogens with one attached hydrogen (secondary N) is 1. The fourth-order valence-electron chi connectivity index (χ4n) is 1.01. The lowest BCUT2D eigenvalue weighted by molar-refractivity contribution is 1.46. The first-order valence-electron chi connectivity index (χ1n) is 3.36. The summed E-state index contributed by atoms with van der Waals surface area (Å²) in [6, 6.07) is 8.14. The highest BCUT2D eigenvalue weighted by Gasteiger charge is 2.12. The van der Waals surface area contributed by atoms with Crippen molar-refractivity contribution in [3.8, 4) is 0 Å². The summed E-state index contributed by atoms with van der Waals surface area (Å²) in [5.41, 5.74) is 1.15. The van der Waals surface area contributed by atoms with Crippen molar-refractivity contribution in [2.75, 3.05) is 5.32 Å². The maximum atomic E-state index is 5.37. The molecule has 0 saturated heterocycles. The standard InChI is InChI=1S/C9H7NS/c1-2-9-10-7-5-3-4-6-8(7)11-9/h1-6,10H/b9-2+. The SMILES string of the molecule is [CH]/C=C1\Nc2ccccc2S1. The van der Waals surface area contributed by atoms with Crippen molar-refractivity contribution < 1.29 is 0 Å². The molecule has 2 rings (SSSR count). The van der Waals surface area contributed by atoms with Crippen LogP contribution in [0.25, 0.3) is 0 Å². The minimum Gasteiger partial charge on any atom is -0.349 e. The van der Waals surface area contributed by atoms with Gasteiger partial charge in [0.1, 0.15) is 0 Å². The molecule has 1 aromatic rings. The molecule has 2 radical (unpaired) electrons. The van der Waals surface area contributed by atoms with E-state index in [4.69, 9.17) is 6.92 Å². The number of anilines is 1. The molecule has 1 aliphatic heterocycles. The molecule has 0 aliphatic carbocycles. The molecule has 0 atom stereocenters. The maximum Gasteiger partial charge on any atom is 0.0737 e. The quantitative estimate of drug-likeness (QED) is 0.628. The Morgan fingerprint density at radius 3 is 2.91 bits per heavy atom. The second-order valence-electron chi connectivity index (χ2n) is 2.25. The summed E-state index contributed by atoms with van der Waals surface area (Å²) >= 11 is 1.66. The van der Waals surface area contributed by atoms with E-state index in [9.17, 15) is 0 Å². The fourth-order valence-corrected chi connectivity index (χ4v) is 1.85. The van der Waals surface area contributed by atoms with Gasteiger partial charge in [0, 0.05) is 4.90 Å². The van der Waals surface area contributed by atoms with Gasteiger partial charge in [0.15, 0.2) is 0 Å². The highest BCUT2D eigenvalue weighted by Crippen LogP contribution is 2.39. The predicted octanol–water partition coefficient (Wildman–Crippen LogP) is 2.76. The van der Waals surface area contributed by atoms with E-state index in [-0.39, 0.29) is 0 Å². The third kappa shape index (κ3) is 1.14. The average molecular weight is 161 g/mol. The van der Waals surface area contributed by atoms with E-state index in [0.717, 1.165) is 10.7 Å². The second kappa shape index (κ2) is 2.62. The number of benzene rings is 1. The molecular formula is C9H7NS. The Hall–Kier alpha value is -0.890. The number of hydrogen-bond donors (Lipinski definition) is 1. The van der Waals surface area contributed by atoms with Gasteiger partial charge in [0.25, 0.3) is 0 Å². The summed E-state index contributed by atoms with van der Waals surface area (Å²) in [6.07, 6.45) is 1.59.